The molecule has 4 rings (SSSR count). The van der Waals surface area contributed by atoms with Gasteiger partial charge in [0, 0.05) is 11.8 Å². The second-order valence-electron chi connectivity index (χ2n) is 5.29. The van der Waals surface area contributed by atoms with E-state index in [0.29, 0.717) is 11.1 Å². The molecule has 4 nitrogen and oxygen atoms in total. The van der Waals surface area contributed by atoms with Crippen molar-refractivity contribution in [2.45, 2.75) is 10.8 Å². The summed E-state index contributed by atoms with van der Waals surface area (Å²) in [5.74, 6) is -1.27. The molecule has 4 aliphatic rings. The van der Waals surface area contributed by atoms with Gasteiger partial charge in [0.05, 0.1) is 36.1 Å². The van der Waals surface area contributed by atoms with E-state index in [1.807, 2.05) is 12.2 Å². The van der Waals surface area contributed by atoms with Crippen LogP contribution < -0.4 is 0 Å². The van der Waals surface area contributed by atoms with Gasteiger partial charge in [-0.2, -0.15) is 0 Å². The molecule has 20 heavy (non-hydrogen) atoms. The molecule has 1 saturated carbocycles. The zero-order valence-corrected chi connectivity index (χ0v) is 12.5. The fraction of sp³-hybridized carbons (Fsp3) is 0.571. The predicted molar refractivity (Wildman–Crippen MR) is 73.4 cm³/mol. The molecule has 0 saturated heterocycles. The Labute approximate surface area is 126 Å². The molecule has 0 aromatic heterocycles. The quantitative estimate of drug-likeness (QED) is 0.443. The van der Waals surface area contributed by atoms with Crippen LogP contribution >= 0.6 is 23.2 Å². The van der Waals surface area contributed by atoms with Gasteiger partial charge in [0.25, 0.3) is 0 Å². The third-order valence-corrected chi connectivity index (χ3v) is 5.86. The zero-order valence-electron chi connectivity index (χ0n) is 11.0. The van der Waals surface area contributed by atoms with E-state index in [0.717, 1.165) is 0 Å². The predicted octanol–water partition coefficient (Wildman–Crippen LogP) is 1.91. The molecule has 2 bridgehead atoms. The average molecular weight is 317 g/mol. The normalized spacial score (nSPS) is 41.0. The number of carbonyl (C=O) groups is 2. The van der Waals surface area contributed by atoms with Crippen LogP contribution in [0.1, 0.15) is 0 Å². The summed E-state index contributed by atoms with van der Waals surface area (Å²) in [7, 11) is 2.61. The highest BCUT2D eigenvalue weighted by atomic mass is 35.5. The van der Waals surface area contributed by atoms with Gasteiger partial charge in [-0.15, -0.1) is 23.2 Å². The van der Waals surface area contributed by atoms with E-state index in [2.05, 4.69) is 0 Å². The second kappa shape index (κ2) is 4.78. The maximum Gasteiger partial charge on any atom is 0.334 e. The smallest absolute Gasteiger partial charge is 0.334 e. The van der Waals surface area contributed by atoms with E-state index in [4.69, 9.17) is 32.7 Å². The summed E-state index contributed by atoms with van der Waals surface area (Å²) in [4.78, 5) is 24.1. The molecule has 4 aliphatic carbocycles. The minimum Gasteiger partial charge on any atom is -0.466 e. The van der Waals surface area contributed by atoms with E-state index >= 15 is 0 Å². The highest BCUT2D eigenvalue weighted by Crippen LogP contribution is 2.60. The number of halogens is 2. The minimum absolute atomic E-state index is 0.0803. The third kappa shape index (κ3) is 1.61. The van der Waals surface area contributed by atoms with E-state index in [9.17, 15) is 9.59 Å². The molecular formula is C14H14Cl2O4. The van der Waals surface area contributed by atoms with Gasteiger partial charge in [0.2, 0.25) is 0 Å². The van der Waals surface area contributed by atoms with Gasteiger partial charge in [-0.3, -0.25) is 0 Å². The first kappa shape index (κ1) is 14.0. The van der Waals surface area contributed by atoms with Crippen LogP contribution in [0.4, 0.5) is 0 Å². The molecule has 0 aromatic carbocycles. The summed E-state index contributed by atoms with van der Waals surface area (Å²) >= 11 is 12.6. The summed E-state index contributed by atoms with van der Waals surface area (Å²) in [6, 6.07) is 0. The number of methoxy groups -OCH3 is 2. The largest absolute Gasteiger partial charge is 0.466 e. The van der Waals surface area contributed by atoms with Gasteiger partial charge in [0.1, 0.15) is 0 Å². The SMILES string of the molecule is COC(=O)C1=C(C(=O)OC)[C@@H]2C=C[C@H]1[C@H]1[C@H](Cl)[C@H](Cl)[C@@H]12. The Kier molecular flexibility index (Phi) is 3.33. The molecular weight excluding hydrogens is 303 g/mol. The van der Waals surface area contributed by atoms with Crippen molar-refractivity contribution in [3.63, 3.8) is 0 Å². The van der Waals surface area contributed by atoms with Crippen molar-refractivity contribution in [2.24, 2.45) is 23.7 Å². The molecule has 6 atom stereocenters. The molecule has 0 N–H and O–H groups in total. The molecule has 108 valence electrons. The number of rotatable bonds is 2. The van der Waals surface area contributed by atoms with Crippen LogP contribution in [0, 0.1) is 23.7 Å². The molecule has 1 fully saturated rings. The lowest BCUT2D eigenvalue weighted by Crippen LogP contribution is -2.61. The summed E-state index contributed by atoms with van der Waals surface area (Å²) in [5, 5.41) is -0.393. The Morgan fingerprint density at radius 1 is 0.900 bits per heavy atom. The summed E-state index contributed by atoms with van der Waals surface area (Å²) in [6.07, 6.45) is 3.87. The standard InChI is InChI=1S/C14H14Cl2O4/c1-19-13(17)9-5-3-4-6(10(9)14(18)20-2)8-7(5)11(15)12(8)16/h3-8,11-12H,1-2H3/t5-,6+,7-,8-,11-,12+/m1/s1. The minimum atomic E-state index is -0.495. The first-order valence-electron chi connectivity index (χ1n) is 6.40. The van der Waals surface area contributed by atoms with Crippen molar-refractivity contribution in [1.29, 1.82) is 0 Å². The van der Waals surface area contributed by atoms with E-state index < -0.39 is 11.9 Å². The number of hydrogen-bond acceptors (Lipinski definition) is 4. The molecule has 0 amide bonds. The van der Waals surface area contributed by atoms with Crippen LogP contribution in [-0.4, -0.2) is 36.9 Å². The van der Waals surface area contributed by atoms with Crippen LogP contribution in [-0.2, 0) is 19.1 Å². The molecule has 0 radical (unpaired) electrons. The summed E-state index contributed by atoms with van der Waals surface area (Å²) < 4.78 is 9.64. The zero-order chi connectivity index (χ0) is 14.6. The lowest BCUT2D eigenvalue weighted by molar-refractivity contribution is -0.142. The number of esters is 2. The maximum absolute atomic E-state index is 12.1. The van der Waals surface area contributed by atoms with Gasteiger partial charge in [-0.1, -0.05) is 12.2 Å². The molecule has 0 spiro atoms. The molecule has 0 aromatic rings. The van der Waals surface area contributed by atoms with Crippen molar-refractivity contribution in [3.8, 4) is 0 Å². The fourth-order valence-corrected chi connectivity index (χ4v) is 4.71. The molecule has 0 unspecified atom stereocenters. The lowest BCUT2D eigenvalue weighted by atomic mass is 9.51. The van der Waals surface area contributed by atoms with Gasteiger partial charge >= 0.3 is 11.9 Å². The summed E-state index contributed by atoms with van der Waals surface area (Å²) in [6.45, 7) is 0. The molecule has 6 heteroatoms. The molecule has 0 aliphatic heterocycles. The molecule has 0 heterocycles. The number of carbonyl (C=O) groups excluding carboxylic acids is 2. The third-order valence-electron chi connectivity index (χ3n) is 4.61. The van der Waals surface area contributed by atoms with Crippen LogP contribution in [0.3, 0.4) is 0 Å². The van der Waals surface area contributed by atoms with Gasteiger partial charge in [-0.05, 0) is 11.8 Å². The Morgan fingerprint density at radius 2 is 1.25 bits per heavy atom. The highest BCUT2D eigenvalue weighted by molar-refractivity contribution is 6.32. The van der Waals surface area contributed by atoms with Crippen LogP contribution in [0.25, 0.3) is 0 Å². The van der Waals surface area contributed by atoms with E-state index in [-0.39, 0.29) is 34.4 Å². The Morgan fingerprint density at radius 3 is 1.55 bits per heavy atom. The van der Waals surface area contributed by atoms with E-state index in [1.165, 1.54) is 14.2 Å². The summed E-state index contributed by atoms with van der Waals surface area (Å²) in [5.41, 5.74) is 0.754. The first-order valence-corrected chi connectivity index (χ1v) is 7.27. The number of allylic oxidation sites excluding steroid dienone is 2. The number of ether oxygens (including phenoxy) is 2. The van der Waals surface area contributed by atoms with Crippen molar-refractivity contribution in [3.05, 3.63) is 23.3 Å². The Hall–Kier alpha value is -1.00. The van der Waals surface area contributed by atoms with Crippen LogP contribution in [0.15, 0.2) is 23.3 Å². The monoisotopic (exact) mass is 316 g/mol. The Balaban J connectivity index is 2.11. The average Bonchev–Trinajstić information content (AvgIpc) is 2.50. The van der Waals surface area contributed by atoms with Gasteiger partial charge < -0.3 is 9.47 Å². The fourth-order valence-electron chi connectivity index (χ4n) is 3.72. The number of hydrogen-bond donors (Lipinski definition) is 0. The maximum atomic E-state index is 12.1. The van der Waals surface area contributed by atoms with Crippen LogP contribution in [0.5, 0.6) is 0 Å². The second-order valence-corrected chi connectivity index (χ2v) is 6.30. The first-order chi connectivity index (χ1) is 9.52. The van der Waals surface area contributed by atoms with Crippen molar-refractivity contribution in [2.75, 3.05) is 14.2 Å². The topological polar surface area (TPSA) is 52.6 Å². The highest BCUT2D eigenvalue weighted by Gasteiger charge is 2.62. The van der Waals surface area contributed by atoms with E-state index in [1.54, 1.807) is 0 Å². The van der Waals surface area contributed by atoms with Crippen LogP contribution in [0.2, 0.25) is 0 Å². The van der Waals surface area contributed by atoms with Crippen molar-refractivity contribution < 1.29 is 19.1 Å². The van der Waals surface area contributed by atoms with Gasteiger partial charge in [-0.25, -0.2) is 9.59 Å². The van der Waals surface area contributed by atoms with Crippen molar-refractivity contribution in [1.82, 2.24) is 0 Å². The lowest BCUT2D eigenvalue weighted by Gasteiger charge is -2.57. The van der Waals surface area contributed by atoms with Crippen molar-refractivity contribution >= 4 is 35.1 Å². The Bertz CT molecular complexity index is 493. The number of alkyl halides is 2. The van der Waals surface area contributed by atoms with Gasteiger partial charge in [0.15, 0.2) is 0 Å².